The molecule has 4 heteroatoms. The van der Waals surface area contributed by atoms with Gasteiger partial charge in [0, 0.05) is 12.5 Å². The van der Waals surface area contributed by atoms with Crippen LogP contribution in [0.4, 0.5) is 0 Å². The van der Waals surface area contributed by atoms with Crippen molar-refractivity contribution in [1.29, 1.82) is 0 Å². The number of aliphatic hydroxyl groups is 1. The van der Waals surface area contributed by atoms with Crippen LogP contribution in [0.5, 0.6) is 5.75 Å². The lowest BCUT2D eigenvalue weighted by Gasteiger charge is -2.31. The number of aldehydes is 1. The zero-order valence-corrected chi connectivity index (χ0v) is 12.5. The van der Waals surface area contributed by atoms with E-state index >= 15 is 0 Å². The van der Waals surface area contributed by atoms with E-state index in [0.29, 0.717) is 19.6 Å². The topological polar surface area (TPSA) is 72.6 Å². The average Bonchev–Trinajstić information content (AvgIpc) is 2.52. The first kappa shape index (κ1) is 16.0. The van der Waals surface area contributed by atoms with Gasteiger partial charge in [-0.3, -0.25) is 0 Å². The van der Waals surface area contributed by atoms with Crippen molar-refractivity contribution in [2.75, 3.05) is 13.2 Å². The first-order valence-corrected chi connectivity index (χ1v) is 7.75. The Bertz CT molecular complexity index is 455. The van der Waals surface area contributed by atoms with E-state index in [1.54, 1.807) is 0 Å². The van der Waals surface area contributed by atoms with E-state index in [9.17, 15) is 9.90 Å². The van der Waals surface area contributed by atoms with Crippen LogP contribution in [0.15, 0.2) is 24.3 Å². The maximum absolute atomic E-state index is 10.9. The van der Waals surface area contributed by atoms with Gasteiger partial charge in [-0.1, -0.05) is 31.4 Å². The number of nitrogens with two attached hydrogens (primary N) is 1. The Morgan fingerprint density at radius 2 is 2.10 bits per heavy atom. The molecule has 21 heavy (non-hydrogen) atoms. The Labute approximate surface area is 126 Å². The summed E-state index contributed by atoms with van der Waals surface area (Å²) in [6.45, 7) is 0.693. The van der Waals surface area contributed by atoms with Gasteiger partial charge in [-0.15, -0.1) is 0 Å². The van der Waals surface area contributed by atoms with Gasteiger partial charge in [-0.2, -0.15) is 0 Å². The van der Waals surface area contributed by atoms with E-state index in [1.807, 2.05) is 24.3 Å². The van der Waals surface area contributed by atoms with Crippen LogP contribution in [0.3, 0.4) is 0 Å². The molecule has 0 heterocycles. The minimum atomic E-state index is -0.684. The van der Waals surface area contributed by atoms with Gasteiger partial charge in [0.2, 0.25) is 0 Å². The predicted molar refractivity (Wildman–Crippen MR) is 82.3 cm³/mol. The molecule has 2 rings (SSSR count). The molecule has 1 aliphatic carbocycles. The summed E-state index contributed by atoms with van der Waals surface area (Å²) in [5.41, 5.74) is 5.90. The Morgan fingerprint density at radius 1 is 1.33 bits per heavy atom. The third-order valence-corrected chi connectivity index (χ3v) is 4.18. The monoisotopic (exact) mass is 291 g/mol. The third kappa shape index (κ3) is 4.83. The summed E-state index contributed by atoms with van der Waals surface area (Å²) in [5, 5.41) is 10.4. The number of rotatable bonds is 7. The van der Waals surface area contributed by atoms with Crippen molar-refractivity contribution in [1.82, 2.24) is 0 Å². The molecular weight excluding hydrogens is 266 g/mol. The molecule has 116 valence electrons. The zero-order valence-electron chi connectivity index (χ0n) is 12.5. The van der Waals surface area contributed by atoms with Crippen molar-refractivity contribution in [3.05, 3.63) is 29.8 Å². The second-order valence-corrected chi connectivity index (χ2v) is 6.06. The number of carbonyl (C=O) groups excluding carboxylic acids is 1. The van der Waals surface area contributed by atoms with Crippen molar-refractivity contribution in [2.24, 2.45) is 11.7 Å². The first-order valence-electron chi connectivity index (χ1n) is 7.75. The van der Waals surface area contributed by atoms with Crippen molar-refractivity contribution in [3.8, 4) is 5.75 Å². The summed E-state index contributed by atoms with van der Waals surface area (Å²) in [4.78, 5) is 10.9. The predicted octanol–water partition coefficient (Wildman–Crippen LogP) is 2.08. The van der Waals surface area contributed by atoms with E-state index in [2.05, 4.69) is 0 Å². The van der Waals surface area contributed by atoms with Crippen LogP contribution in [-0.4, -0.2) is 30.1 Å². The fourth-order valence-corrected chi connectivity index (χ4v) is 2.82. The fourth-order valence-electron chi connectivity index (χ4n) is 2.82. The van der Waals surface area contributed by atoms with E-state index in [-0.39, 0.29) is 5.92 Å². The fraction of sp³-hybridized carbons (Fsp3) is 0.588. The molecule has 0 spiro atoms. The van der Waals surface area contributed by atoms with Gasteiger partial charge in [-0.05, 0) is 37.0 Å². The molecule has 1 atom stereocenters. The average molecular weight is 291 g/mol. The molecule has 0 amide bonds. The maximum atomic E-state index is 10.9. The molecule has 0 aromatic heterocycles. The van der Waals surface area contributed by atoms with Gasteiger partial charge in [0.25, 0.3) is 0 Å². The summed E-state index contributed by atoms with van der Waals surface area (Å²) < 4.78 is 5.77. The zero-order chi connectivity index (χ0) is 15.1. The molecule has 4 nitrogen and oxygen atoms in total. The first-order chi connectivity index (χ1) is 10.1. The summed E-state index contributed by atoms with van der Waals surface area (Å²) in [6.07, 6.45) is 6.48. The lowest BCUT2D eigenvalue weighted by atomic mass is 9.85. The van der Waals surface area contributed by atoms with Crippen molar-refractivity contribution >= 4 is 6.29 Å². The number of carbonyl (C=O) groups is 1. The van der Waals surface area contributed by atoms with Crippen LogP contribution in [0.25, 0.3) is 0 Å². The molecule has 0 bridgehead atoms. The molecule has 0 saturated heterocycles. The van der Waals surface area contributed by atoms with Crippen molar-refractivity contribution in [2.45, 2.75) is 44.1 Å². The number of hydrogen-bond donors (Lipinski definition) is 2. The Hall–Kier alpha value is -1.39. The number of hydrogen-bond acceptors (Lipinski definition) is 4. The summed E-state index contributed by atoms with van der Waals surface area (Å²) in [5.74, 6) is 0.593. The quantitative estimate of drug-likeness (QED) is 0.754. The number of ether oxygens (including phenoxy) is 1. The highest BCUT2D eigenvalue weighted by molar-refractivity contribution is 5.54. The van der Waals surface area contributed by atoms with Crippen LogP contribution in [0.2, 0.25) is 0 Å². The third-order valence-electron chi connectivity index (χ3n) is 4.18. The van der Waals surface area contributed by atoms with E-state index in [4.69, 9.17) is 10.5 Å². The largest absolute Gasteiger partial charge is 0.491 e. The van der Waals surface area contributed by atoms with Gasteiger partial charge in [0.1, 0.15) is 18.6 Å². The van der Waals surface area contributed by atoms with Crippen LogP contribution in [0.1, 0.15) is 37.7 Å². The highest BCUT2D eigenvalue weighted by Crippen LogP contribution is 2.29. The van der Waals surface area contributed by atoms with E-state index < -0.39 is 5.60 Å². The smallest absolute Gasteiger partial charge is 0.124 e. The molecule has 0 unspecified atom stereocenters. The molecule has 0 radical (unpaired) electrons. The molecule has 1 fully saturated rings. The lowest BCUT2D eigenvalue weighted by molar-refractivity contribution is -0.110. The Kier molecular flexibility index (Phi) is 5.76. The Morgan fingerprint density at radius 3 is 2.76 bits per heavy atom. The molecule has 0 aliphatic heterocycles. The maximum Gasteiger partial charge on any atom is 0.124 e. The second kappa shape index (κ2) is 7.57. The minimum absolute atomic E-state index is 0.150. The van der Waals surface area contributed by atoms with E-state index in [0.717, 1.165) is 43.3 Å². The molecule has 1 aliphatic rings. The van der Waals surface area contributed by atoms with Crippen LogP contribution >= 0.6 is 0 Å². The normalized spacial score (nSPS) is 19.0. The van der Waals surface area contributed by atoms with Gasteiger partial charge in [0.05, 0.1) is 5.60 Å². The van der Waals surface area contributed by atoms with Crippen molar-refractivity contribution < 1.29 is 14.6 Å². The van der Waals surface area contributed by atoms with Gasteiger partial charge >= 0.3 is 0 Å². The highest BCUT2D eigenvalue weighted by atomic mass is 16.5. The van der Waals surface area contributed by atoms with Crippen molar-refractivity contribution in [3.63, 3.8) is 0 Å². The minimum Gasteiger partial charge on any atom is -0.491 e. The van der Waals surface area contributed by atoms with Crippen LogP contribution < -0.4 is 10.5 Å². The summed E-state index contributed by atoms with van der Waals surface area (Å²) in [7, 11) is 0. The standard InChI is InChI=1S/C17H25NO3/c18-11-15(12-19)9-14-5-4-6-16(10-14)21-13-17(20)7-2-1-3-8-17/h4-6,10,12,15,20H,1-3,7-9,11,13,18H2/t15-/m1/s1. The molecular formula is C17H25NO3. The number of benzene rings is 1. The molecule has 1 saturated carbocycles. The molecule has 1 aromatic carbocycles. The Balaban J connectivity index is 1.92. The van der Waals surface area contributed by atoms with Gasteiger partial charge in [-0.25, -0.2) is 0 Å². The summed E-state index contributed by atoms with van der Waals surface area (Å²) >= 11 is 0. The lowest BCUT2D eigenvalue weighted by Crippen LogP contribution is -2.37. The molecule has 3 N–H and O–H groups in total. The van der Waals surface area contributed by atoms with Gasteiger partial charge in [0.15, 0.2) is 0 Å². The highest BCUT2D eigenvalue weighted by Gasteiger charge is 2.29. The SMILES string of the molecule is NC[C@H](C=O)Cc1cccc(OCC2(O)CCCCC2)c1. The van der Waals surface area contributed by atoms with Crippen LogP contribution in [0, 0.1) is 5.92 Å². The molecule has 1 aromatic rings. The van der Waals surface area contributed by atoms with E-state index in [1.165, 1.54) is 6.42 Å². The second-order valence-electron chi connectivity index (χ2n) is 6.06. The van der Waals surface area contributed by atoms with Gasteiger partial charge < -0.3 is 20.4 Å². The summed E-state index contributed by atoms with van der Waals surface area (Å²) in [6, 6.07) is 7.69. The van der Waals surface area contributed by atoms with Crippen LogP contribution in [-0.2, 0) is 11.2 Å².